The summed E-state index contributed by atoms with van der Waals surface area (Å²) in [6, 6.07) is 3.19. The van der Waals surface area contributed by atoms with Gasteiger partial charge in [-0.05, 0) is 23.6 Å². The van der Waals surface area contributed by atoms with Crippen LogP contribution in [-0.2, 0) is 25.2 Å². The number of halogens is 3. The Morgan fingerprint density at radius 2 is 1.82 bits per heavy atom. The van der Waals surface area contributed by atoms with Crippen LogP contribution in [-0.4, -0.2) is 44.8 Å². The predicted octanol–water partition coefficient (Wildman–Crippen LogP) is 3.46. The molecule has 0 spiro atoms. The number of carbonyl (C=O) groups excluding carboxylic acids is 2. The maximum Gasteiger partial charge on any atom is 0.416 e. The number of esters is 1. The molecule has 1 aliphatic rings. The Balaban J connectivity index is 2.12. The molecule has 9 heteroatoms. The van der Waals surface area contributed by atoms with Crippen molar-refractivity contribution >= 4 is 23.3 Å². The smallest absolute Gasteiger partial charge is 0.416 e. The van der Waals surface area contributed by atoms with Gasteiger partial charge in [0.25, 0.3) is 5.91 Å². The summed E-state index contributed by atoms with van der Waals surface area (Å²) in [5.41, 5.74) is -0.679. The molecule has 156 valence electrons. The summed E-state index contributed by atoms with van der Waals surface area (Å²) in [5.74, 6) is -1.24. The first-order valence-electron chi connectivity index (χ1n) is 8.95. The van der Waals surface area contributed by atoms with Gasteiger partial charge in [0.1, 0.15) is 0 Å². The fourth-order valence-electron chi connectivity index (χ4n) is 2.71. The zero-order valence-electron chi connectivity index (χ0n) is 16.2. The minimum absolute atomic E-state index is 0.0218. The van der Waals surface area contributed by atoms with Crippen LogP contribution in [0.2, 0.25) is 0 Å². The van der Waals surface area contributed by atoms with Crippen LogP contribution in [0.5, 0.6) is 0 Å². The molecular formula is C19H25F3N2O4. The van der Waals surface area contributed by atoms with Crippen LogP contribution in [0.3, 0.4) is 0 Å². The number of anilines is 2. The van der Waals surface area contributed by atoms with Gasteiger partial charge in [0, 0.05) is 13.1 Å². The Labute approximate surface area is 162 Å². The summed E-state index contributed by atoms with van der Waals surface area (Å²) in [6.45, 7) is 6.87. The molecule has 28 heavy (non-hydrogen) atoms. The molecule has 0 unspecified atom stereocenters. The van der Waals surface area contributed by atoms with Gasteiger partial charge >= 0.3 is 12.1 Å². The number of benzene rings is 1. The standard InChI is InChI=1S/C19H25F3N2O4/c1-18(2,3)11-17(26)28-12-16(25)23-14-10-13(19(20,21)22)4-5-15(14)24-6-8-27-9-7-24/h4-5,10H,6-9,11-12H2,1-3H3,(H,23,25). The number of hydrogen-bond acceptors (Lipinski definition) is 5. The number of alkyl halides is 3. The number of carbonyl (C=O) groups is 2. The van der Waals surface area contributed by atoms with Crippen LogP contribution in [0.25, 0.3) is 0 Å². The van der Waals surface area contributed by atoms with Crippen LogP contribution < -0.4 is 10.2 Å². The van der Waals surface area contributed by atoms with Gasteiger partial charge in [-0.2, -0.15) is 13.2 Å². The van der Waals surface area contributed by atoms with Gasteiger partial charge < -0.3 is 19.7 Å². The molecule has 1 aromatic carbocycles. The van der Waals surface area contributed by atoms with Gasteiger partial charge in [0.2, 0.25) is 0 Å². The Bertz CT molecular complexity index is 708. The lowest BCUT2D eigenvalue weighted by Crippen LogP contribution is -2.37. The van der Waals surface area contributed by atoms with Crippen molar-refractivity contribution in [3.8, 4) is 0 Å². The average Bonchev–Trinajstić information content (AvgIpc) is 2.58. The lowest BCUT2D eigenvalue weighted by Gasteiger charge is -2.31. The van der Waals surface area contributed by atoms with E-state index < -0.39 is 30.2 Å². The van der Waals surface area contributed by atoms with E-state index >= 15 is 0 Å². The first kappa shape index (κ1) is 22.0. The third-order valence-corrected chi connectivity index (χ3v) is 3.99. The zero-order chi connectivity index (χ0) is 20.9. The third kappa shape index (κ3) is 6.70. The van der Waals surface area contributed by atoms with Crippen LogP contribution in [0, 0.1) is 5.41 Å². The normalized spacial score (nSPS) is 15.3. The summed E-state index contributed by atoms with van der Waals surface area (Å²) < 4.78 is 49.4. The first-order chi connectivity index (χ1) is 13.0. The van der Waals surface area contributed by atoms with Crippen molar-refractivity contribution < 1.29 is 32.2 Å². The number of nitrogens with one attached hydrogen (secondary N) is 1. The summed E-state index contributed by atoms with van der Waals surface area (Å²) in [6.07, 6.45) is -4.41. The zero-order valence-corrected chi connectivity index (χ0v) is 16.2. The highest BCUT2D eigenvalue weighted by Crippen LogP contribution is 2.35. The largest absolute Gasteiger partial charge is 0.456 e. The van der Waals surface area contributed by atoms with Crippen molar-refractivity contribution in [2.24, 2.45) is 5.41 Å². The van der Waals surface area contributed by atoms with Gasteiger partial charge in [-0.15, -0.1) is 0 Å². The summed E-state index contributed by atoms with van der Waals surface area (Å²) in [7, 11) is 0. The molecule has 6 nitrogen and oxygen atoms in total. The number of hydrogen-bond donors (Lipinski definition) is 1. The molecule has 1 aromatic rings. The third-order valence-electron chi connectivity index (χ3n) is 3.99. The topological polar surface area (TPSA) is 67.9 Å². The van der Waals surface area contributed by atoms with Crippen LogP contribution in [0.4, 0.5) is 24.5 Å². The van der Waals surface area contributed by atoms with Gasteiger partial charge in [0.15, 0.2) is 6.61 Å². The Morgan fingerprint density at radius 1 is 1.18 bits per heavy atom. The monoisotopic (exact) mass is 402 g/mol. The molecule has 1 aliphatic heterocycles. The second-order valence-corrected chi connectivity index (χ2v) is 7.78. The molecule has 1 saturated heterocycles. The van der Waals surface area contributed by atoms with Gasteiger partial charge in [0.05, 0.1) is 36.6 Å². The van der Waals surface area contributed by atoms with Gasteiger partial charge in [-0.25, -0.2) is 0 Å². The van der Waals surface area contributed by atoms with Gasteiger partial charge in [-0.3, -0.25) is 9.59 Å². The second-order valence-electron chi connectivity index (χ2n) is 7.78. The molecule has 1 N–H and O–H groups in total. The van der Waals surface area contributed by atoms with E-state index in [1.807, 2.05) is 25.7 Å². The second kappa shape index (κ2) is 8.81. The van der Waals surface area contributed by atoms with Crippen molar-refractivity contribution in [3.05, 3.63) is 23.8 Å². The van der Waals surface area contributed by atoms with E-state index in [2.05, 4.69) is 5.32 Å². The van der Waals surface area contributed by atoms with Crippen molar-refractivity contribution in [2.45, 2.75) is 33.4 Å². The van der Waals surface area contributed by atoms with Crippen LogP contribution in [0.15, 0.2) is 18.2 Å². The van der Waals surface area contributed by atoms with Crippen molar-refractivity contribution in [3.63, 3.8) is 0 Å². The molecule has 0 atom stereocenters. The number of amides is 1. The van der Waals surface area contributed by atoms with Crippen LogP contribution >= 0.6 is 0 Å². The molecular weight excluding hydrogens is 377 g/mol. The maximum absolute atomic E-state index is 13.1. The van der Waals surface area contributed by atoms with E-state index in [9.17, 15) is 22.8 Å². The number of ether oxygens (including phenoxy) is 2. The van der Waals surface area contributed by atoms with Crippen molar-refractivity contribution in [1.29, 1.82) is 0 Å². The molecule has 1 amide bonds. The molecule has 2 rings (SSSR count). The Kier molecular flexibility index (Phi) is 6.92. The highest BCUT2D eigenvalue weighted by Gasteiger charge is 2.32. The Morgan fingerprint density at radius 3 is 2.39 bits per heavy atom. The molecule has 0 radical (unpaired) electrons. The van der Waals surface area contributed by atoms with Crippen molar-refractivity contribution in [1.82, 2.24) is 0 Å². The lowest BCUT2D eigenvalue weighted by molar-refractivity contribution is -0.149. The highest BCUT2D eigenvalue weighted by atomic mass is 19.4. The first-order valence-corrected chi connectivity index (χ1v) is 8.95. The van der Waals surface area contributed by atoms with E-state index in [0.29, 0.717) is 32.0 Å². The Hall–Kier alpha value is -2.29. The molecule has 0 aliphatic carbocycles. The minimum atomic E-state index is -4.54. The lowest BCUT2D eigenvalue weighted by atomic mass is 9.92. The fourth-order valence-corrected chi connectivity index (χ4v) is 2.71. The van der Waals surface area contributed by atoms with E-state index in [4.69, 9.17) is 9.47 Å². The number of nitrogens with zero attached hydrogens (tertiary/aromatic N) is 1. The van der Waals surface area contributed by atoms with E-state index in [0.717, 1.165) is 12.1 Å². The number of rotatable bonds is 5. The van der Waals surface area contributed by atoms with Crippen molar-refractivity contribution in [2.75, 3.05) is 43.1 Å². The number of morpholine rings is 1. The predicted molar refractivity (Wildman–Crippen MR) is 98.1 cm³/mol. The SMILES string of the molecule is CC(C)(C)CC(=O)OCC(=O)Nc1cc(C(F)(F)F)ccc1N1CCOCC1. The average molecular weight is 402 g/mol. The fraction of sp³-hybridized carbons (Fsp3) is 0.579. The van der Waals surface area contributed by atoms with Crippen LogP contribution in [0.1, 0.15) is 32.8 Å². The molecule has 0 aromatic heterocycles. The minimum Gasteiger partial charge on any atom is -0.456 e. The van der Waals surface area contributed by atoms with E-state index in [-0.39, 0.29) is 17.5 Å². The van der Waals surface area contributed by atoms with Gasteiger partial charge in [-0.1, -0.05) is 20.8 Å². The molecule has 1 heterocycles. The molecule has 0 saturated carbocycles. The highest BCUT2D eigenvalue weighted by molar-refractivity contribution is 5.96. The molecule has 0 bridgehead atoms. The molecule has 1 fully saturated rings. The summed E-state index contributed by atoms with van der Waals surface area (Å²) >= 11 is 0. The van der Waals surface area contributed by atoms with E-state index in [1.54, 1.807) is 0 Å². The quantitative estimate of drug-likeness (QED) is 0.764. The van der Waals surface area contributed by atoms with E-state index in [1.165, 1.54) is 6.07 Å². The summed E-state index contributed by atoms with van der Waals surface area (Å²) in [4.78, 5) is 25.7. The summed E-state index contributed by atoms with van der Waals surface area (Å²) in [5, 5.41) is 2.44. The maximum atomic E-state index is 13.1.